The second-order valence-electron chi connectivity index (χ2n) is 7.55. The van der Waals surface area contributed by atoms with Crippen LogP contribution >= 0.6 is 0 Å². The van der Waals surface area contributed by atoms with Gasteiger partial charge in [0.2, 0.25) is 0 Å². The second-order valence-corrected chi connectivity index (χ2v) is 7.55. The van der Waals surface area contributed by atoms with Crippen molar-refractivity contribution in [1.82, 2.24) is 0 Å². The number of nitriles is 1. The number of nitrogens with zero attached hydrogens (tertiary/aromatic N) is 1. The third-order valence-corrected chi connectivity index (χ3v) is 5.36. The van der Waals surface area contributed by atoms with Gasteiger partial charge in [0.05, 0.1) is 28.4 Å². The molecule has 3 nitrogen and oxygen atoms in total. The van der Waals surface area contributed by atoms with Gasteiger partial charge in [-0.3, -0.25) is 0 Å². The molecule has 2 atom stereocenters. The van der Waals surface area contributed by atoms with Crippen molar-refractivity contribution in [3.05, 3.63) is 34.9 Å². The van der Waals surface area contributed by atoms with Gasteiger partial charge in [-0.2, -0.15) is 18.4 Å². The van der Waals surface area contributed by atoms with Crippen molar-refractivity contribution in [2.75, 3.05) is 0 Å². The van der Waals surface area contributed by atoms with E-state index >= 15 is 0 Å². The summed E-state index contributed by atoms with van der Waals surface area (Å²) in [6, 6.07) is 5.45. The van der Waals surface area contributed by atoms with E-state index < -0.39 is 22.9 Å². The van der Waals surface area contributed by atoms with Gasteiger partial charge in [-0.1, -0.05) is 6.07 Å². The Labute approximate surface area is 139 Å². The monoisotopic (exact) mass is 337 g/mol. The minimum Gasteiger partial charge on any atom is -0.403 e. The summed E-state index contributed by atoms with van der Waals surface area (Å²) in [5.41, 5.74) is -1.34. The molecule has 1 saturated heterocycles. The van der Waals surface area contributed by atoms with Crippen LogP contribution in [0.2, 0.25) is 5.82 Å². The first-order valence-electron chi connectivity index (χ1n) is 7.93. The first-order chi connectivity index (χ1) is 11.0. The molecule has 7 heteroatoms. The molecule has 0 aromatic heterocycles. The normalized spacial score (nSPS) is 27.8. The first kappa shape index (κ1) is 17.3. The van der Waals surface area contributed by atoms with Crippen LogP contribution in [0.25, 0.3) is 0 Å². The van der Waals surface area contributed by atoms with E-state index in [-0.39, 0.29) is 24.4 Å². The molecule has 1 heterocycles. The maximum atomic E-state index is 12.9. The lowest BCUT2D eigenvalue weighted by Gasteiger charge is -2.32. The number of rotatable bonds is 2. The van der Waals surface area contributed by atoms with Gasteiger partial charge in [-0.05, 0) is 57.7 Å². The van der Waals surface area contributed by atoms with E-state index in [4.69, 9.17) is 14.6 Å². The summed E-state index contributed by atoms with van der Waals surface area (Å²) in [5, 5.41) is 9.02. The molecule has 1 saturated carbocycles. The van der Waals surface area contributed by atoms with Crippen molar-refractivity contribution in [1.29, 1.82) is 5.26 Å². The highest BCUT2D eigenvalue weighted by molar-refractivity contribution is 6.49. The Morgan fingerprint density at radius 2 is 1.75 bits per heavy atom. The molecule has 0 spiro atoms. The van der Waals surface area contributed by atoms with E-state index in [0.717, 1.165) is 18.1 Å². The Balaban J connectivity index is 1.78. The zero-order chi connectivity index (χ0) is 17.9. The Bertz CT molecular complexity index is 693. The van der Waals surface area contributed by atoms with E-state index in [1.54, 1.807) is 6.07 Å². The van der Waals surface area contributed by atoms with Gasteiger partial charge in [0.1, 0.15) is 0 Å². The van der Waals surface area contributed by atoms with E-state index in [0.29, 0.717) is 0 Å². The van der Waals surface area contributed by atoms with Gasteiger partial charge in [0.25, 0.3) is 0 Å². The zero-order valence-corrected chi connectivity index (χ0v) is 14.1. The van der Waals surface area contributed by atoms with Crippen molar-refractivity contribution in [2.24, 2.45) is 0 Å². The summed E-state index contributed by atoms with van der Waals surface area (Å²) >= 11 is 0. The third-order valence-electron chi connectivity index (χ3n) is 5.36. The van der Waals surface area contributed by atoms with E-state index in [1.165, 1.54) is 12.1 Å². The molecule has 0 N–H and O–H groups in total. The Hall–Kier alpha value is -1.52. The standard InChI is InChI=1S/C17H19BF3NO2/c1-15(2)16(3,4)24-18(23-15)14-8-12(14)10-5-6-13(17(19,20)21)11(7-10)9-22/h5-7,12,14H,8H2,1-4H3/t12-,14+/m1/s1. The molecular weight excluding hydrogens is 318 g/mol. The summed E-state index contributed by atoms with van der Waals surface area (Å²) in [6.45, 7) is 7.87. The Morgan fingerprint density at radius 1 is 1.17 bits per heavy atom. The minimum atomic E-state index is -4.52. The average Bonchev–Trinajstić information content (AvgIpc) is 3.20. The summed E-state index contributed by atoms with van der Waals surface area (Å²) < 4.78 is 50.7. The fraction of sp³-hybridized carbons (Fsp3) is 0.588. The average molecular weight is 337 g/mol. The maximum Gasteiger partial charge on any atom is 0.461 e. The van der Waals surface area contributed by atoms with Crippen molar-refractivity contribution in [2.45, 2.75) is 63.2 Å². The lowest BCUT2D eigenvalue weighted by atomic mass is 9.79. The fourth-order valence-electron chi connectivity index (χ4n) is 3.09. The molecular formula is C17H19BF3NO2. The third kappa shape index (κ3) is 2.82. The molecule has 3 rings (SSSR count). The Kier molecular flexibility index (Phi) is 3.78. The summed E-state index contributed by atoms with van der Waals surface area (Å²) in [5.74, 6) is 0.170. The molecule has 128 valence electrons. The van der Waals surface area contributed by atoms with Gasteiger partial charge >= 0.3 is 13.3 Å². The van der Waals surface area contributed by atoms with Crippen molar-refractivity contribution < 1.29 is 22.5 Å². The van der Waals surface area contributed by atoms with Crippen molar-refractivity contribution in [3.8, 4) is 6.07 Å². The van der Waals surface area contributed by atoms with Crippen molar-refractivity contribution in [3.63, 3.8) is 0 Å². The Morgan fingerprint density at radius 3 is 2.25 bits per heavy atom. The highest BCUT2D eigenvalue weighted by atomic mass is 19.4. The molecule has 2 fully saturated rings. The molecule has 1 aliphatic heterocycles. The topological polar surface area (TPSA) is 42.2 Å². The van der Waals surface area contributed by atoms with Gasteiger partial charge in [-0.25, -0.2) is 0 Å². The van der Waals surface area contributed by atoms with Crippen LogP contribution in [0.15, 0.2) is 18.2 Å². The second kappa shape index (κ2) is 5.24. The fourth-order valence-corrected chi connectivity index (χ4v) is 3.09. The van der Waals surface area contributed by atoms with Gasteiger partial charge in [0, 0.05) is 5.82 Å². The molecule has 0 bridgehead atoms. The van der Waals surface area contributed by atoms with Crippen LogP contribution in [-0.4, -0.2) is 18.3 Å². The highest BCUT2D eigenvalue weighted by Gasteiger charge is 2.59. The van der Waals surface area contributed by atoms with Crippen LogP contribution in [0.3, 0.4) is 0 Å². The maximum absolute atomic E-state index is 12.9. The van der Waals surface area contributed by atoms with Crippen LogP contribution in [0.5, 0.6) is 0 Å². The van der Waals surface area contributed by atoms with E-state index in [2.05, 4.69) is 0 Å². The number of hydrogen-bond acceptors (Lipinski definition) is 3. The predicted molar refractivity (Wildman–Crippen MR) is 83.3 cm³/mol. The summed E-state index contributed by atoms with van der Waals surface area (Å²) in [6.07, 6.45) is -3.73. The van der Waals surface area contributed by atoms with Gasteiger partial charge in [-0.15, -0.1) is 0 Å². The number of hydrogen-bond donors (Lipinski definition) is 0. The SMILES string of the molecule is CC1(C)OB([C@H]2C[C@@H]2c2ccc(C(F)(F)F)c(C#N)c2)OC1(C)C. The minimum absolute atomic E-state index is 0.0640. The smallest absolute Gasteiger partial charge is 0.403 e. The first-order valence-corrected chi connectivity index (χ1v) is 7.93. The molecule has 2 aliphatic rings. The molecule has 1 aromatic rings. The van der Waals surface area contributed by atoms with Crippen LogP contribution in [0, 0.1) is 11.3 Å². The molecule has 0 amide bonds. The van der Waals surface area contributed by atoms with Crippen LogP contribution < -0.4 is 0 Å². The number of halogens is 3. The molecule has 1 aromatic carbocycles. The predicted octanol–water partition coefficient (Wildman–Crippen LogP) is 4.53. The molecule has 24 heavy (non-hydrogen) atoms. The zero-order valence-electron chi connectivity index (χ0n) is 14.1. The molecule has 0 unspecified atom stereocenters. The van der Waals surface area contributed by atoms with E-state index in [9.17, 15) is 13.2 Å². The van der Waals surface area contributed by atoms with E-state index in [1.807, 2.05) is 27.7 Å². The number of alkyl halides is 3. The molecule has 1 aliphatic carbocycles. The largest absolute Gasteiger partial charge is 0.461 e. The van der Waals surface area contributed by atoms with Crippen molar-refractivity contribution >= 4 is 7.12 Å². The lowest BCUT2D eigenvalue weighted by molar-refractivity contribution is -0.137. The summed E-state index contributed by atoms with van der Waals surface area (Å²) in [4.78, 5) is 0. The van der Waals surface area contributed by atoms with Gasteiger partial charge < -0.3 is 9.31 Å². The molecule has 0 radical (unpaired) electrons. The van der Waals surface area contributed by atoms with Gasteiger partial charge in [0.15, 0.2) is 0 Å². The van der Waals surface area contributed by atoms with Crippen LogP contribution in [-0.2, 0) is 15.5 Å². The highest BCUT2D eigenvalue weighted by Crippen LogP contribution is 2.58. The number of benzene rings is 1. The van der Waals surface area contributed by atoms with Crippen LogP contribution in [0.4, 0.5) is 13.2 Å². The van der Waals surface area contributed by atoms with Crippen LogP contribution in [0.1, 0.15) is 56.7 Å². The quantitative estimate of drug-likeness (QED) is 0.745. The lowest BCUT2D eigenvalue weighted by Crippen LogP contribution is -2.41. The summed E-state index contributed by atoms with van der Waals surface area (Å²) in [7, 11) is -0.368.